The molecule has 0 N–H and O–H groups in total. The van der Waals surface area contributed by atoms with Gasteiger partial charge in [0.1, 0.15) is 14.5 Å². The standard InChI is InChI=1S/C10H14NOSi/c1-12-9-5-4-6-11-10(9)13-7-2-3-8-13/h4-6H,2-3,7-8H2,1H3. The van der Waals surface area contributed by atoms with Gasteiger partial charge < -0.3 is 4.74 Å². The molecule has 0 bridgehead atoms. The summed E-state index contributed by atoms with van der Waals surface area (Å²) in [5.74, 6) is 0.998. The number of rotatable bonds is 2. The van der Waals surface area contributed by atoms with E-state index in [2.05, 4.69) is 4.98 Å². The fourth-order valence-corrected chi connectivity index (χ4v) is 4.73. The molecule has 0 aromatic carbocycles. The van der Waals surface area contributed by atoms with Gasteiger partial charge in [0.25, 0.3) is 0 Å². The predicted molar refractivity (Wildman–Crippen MR) is 55.0 cm³/mol. The van der Waals surface area contributed by atoms with E-state index < -0.39 is 0 Å². The first kappa shape index (κ1) is 8.75. The van der Waals surface area contributed by atoms with E-state index >= 15 is 0 Å². The number of methoxy groups -OCH3 is 1. The number of hydrogen-bond acceptors (Lipinski definition) is 2. The van der Waals surface area contributed by atoms with Crippen LogP contribution in [0.5, 0.6) is 5.75 Å². The molecule has 1 aliphatic rings. The molecule has 1 radical (unpaired) electrons. The number of aromatic nitrogens is 1. The molecule has 2 rings (SSSR count). The van der Waals surface area contributed by atoms with Crippen LogP contribution >= 0.6 is 0 Å². The Morgan fingerprint density at radius 1 is 1.38 bits per heavy atom. The number of ether oxygens (including phenoxy) is 1. The molecule has 13 heavy (non-hydrogen) atoms. The van der Waals surface area contributed by atoms with Crippen LogP contribution in [0.4, 0.5) is 0 Å². The van der Waals surface area contributed by atoms with Crippen molar-refractivity contribution in [3.8, 4) is 5.75 Å². The van der Waals surface area contributed by atoms with E-state index in [1.807, 2.05) is 18.3 Å². The van der Waals surface area contributed by atoms with Crippen molar-refractivity contribution in [3.63, 3.8) is 0 Å². The van der Waals surface area contributed by atoms with Gasteiger partial charge in [-0.25, -0.2) is 0 Å². The Balaban J connectivity index is 2.26. The summed E-state index contributed by atoms with van der Waals surface area (Å²) in [4.78, 5) is 4.45. The first-order valence-corrected chi connectivity index (χ1v) is 6.67. The first-order valence-electron chi connectivity index (χ1n) is 4.76. The fourth-order valence-electron chi connectivity index (χ4n) is 1.86. The minimum Gasteiger partial charge on any atom is -0.495 e. The molecule has 1 aromatic heterocycles. The molecule has 1 aromatic rings. The average Bonchev–Trinajstić information content (AvgIpc) is 2.70. The SMILES string of the molecule is COc1cccnc1[Si]1CCCC1. The zero-order valence-corrected chi connectivity index (χ0v) is 8.92. The molecule has 2 nitrogen and oxygen atoms in total. The third kappa shape index (κ3) is 1.75. The Morgan fingerprint density at radius 3 is 2.85 bits per heavy atom. The maximum Gasteiger partial charge on any atom is 0.135 e. The summed E-state index contributed by atoms with van der Waals surface area (Å²) in [6, 6.07) is 6.72. The van der Waals surface area contributed by atoms with E-state index in [0.717, 1.165) is 5.75 Å². The van der Waals surface area contributed by atoms with Gasteiger partial charge >= 0.3 is 0 Å². The van der Waals surface area contributed by atoms with Crippen LogP contribution in [-0.2, 0) is 0 Å². The van der Waals surface area contributed by atoms with Crippen molar-refractivity contribution in [1.82, 2.24) is 4.98 Å². The summed E-state index contributed by atoms with van der Waals surface area (Å²) < 4.78 is 5.32. The Kier molecular flexibility index (Phi) is 2.64. The van der Waals surface area contributed by atoms with E-state index in [1.54, 1.807) is 7.11 Å². The van der Waals surface area contributed by atoms with Crippen LogP contribution in [0, 0.1) is 0 Å². The lowest BCUT2D eigenvalue weighted by Crippen LogP contribution is -2.30. The third-order valence-electron chi connectivity index (χ3n) is 2.53. The number of hydrogen-bond donors (Lipinski definition) is 0. The molecule has 0 atom stereocenters. The van der Waals surface area contributed by atoms with Crippen LogP contribution < -0.4 is 10.1 Å². The highest BCUT2D eigenvalue weighted by Gasteiger charge is 2.23. The van der Waals surface area contributed by atoms with Crippen molar-refractivity contribution < 1.29 is 4.74 Å². The zero-order valence-electron chi connectivity index (χ0n) is 7.92. The molecule has 0 saturated carbocycles. The summed E-state index contributed by atoms with van der Waals surface area (Å²) in [6.07, 6.45) is 4.65. The van der Waals surface area contributed by atoms with Gasteiger partial charge in [0, 0.05) is 6.20 Å². The highest BCUT2D eigenvalue weighted by atomic mass is 28.3. The summed E-state index contributed by atoms with van der Waals surface area (Å²) in [5, 5.41) is 1.26. The van der Waals surface area contributed by atoms with Crippen molar-refractivity contribution in [3.05, 3.63) is 18.3 Å². The molecule has 0 amide bonds. The summed E-state index contributed by atoms with van der Waals surface area (Å²) in [5.41, 5.74) is 0. The monoisotopic (exact) mass is 192 g/mol. The van der Waals surface area contributed by atoms with Crippen molar-refractivity contribution in [2.75, 3.05) is 7.11 Å². The molecule has 0 unspecified atom stereocenters. The van der Waals surface area contributed by atoms with Crippen LogP contribution in [0.25, 0.3) is 0 Å². The van der Waals surface area contributed by atoms with Gasteiger partial charge in [-0.3, -0.25) is 4.98 Å². The van der Waals surface area contributed by atoms with Gasteiger partial charge in [-0.1, -0.05) is 24.9 Å². The van der Waals surface area contributed by atoms with Gasteiger partial charge in [0.05, 0.1) is 12.4 Å². The van der Waals surface area contributed by atoms with Crippen LogP contribution in [0.15, 0.2) is 18.3 Å². The van der Waals surface area contributed by atoms with Crippen molar-refractivity contribution in [2.45, 2.75) is 24.9 Å². The van der Waals surface area contributed by atoms with Crippen LogP contribution in [0.2, 0.25) is 12.1 Å². The topological polar surface area (TPSA) is 22.1 Å². The molecule has 1 aliphatic heterocycles. The van der Waals surface area contributed by atoms with Crippen LogP contribution in [0.3, 0.4) is 0 Å². The average molecular weight is 192 g/mol. The number of pyridine rings is 1. The zero-order chi connectivity index (χ0) is 9.10. The lowest BCUT2D eigenvalue weighted by molar-refractivity contribution is 0.416. The minimum absolute atomic E-state index is 0.368. The fraction of sp³-hybridized carbons (Fsp3) is 0.500. The lowest BCUT2D eigenvalue weighted by Gasteiger charge is -2.10. The molecule has 3 heteroatoms. The van der Waals surface area contributed by atoms with Gasteiger partial charge in [0.15, 0.2) is 0 Å². The molecular formula is C10H14NOSi. The van der Waals surface area contributed by atoms with E-state index in [-0.39, 0.29) is 8.80 Å². The van der Waals surface area contributed by atoms with Crippen molar-refractivity contribution in [1.29, 1.82) is 0 Å². The molecule has 0 aliphatic carbocycles. The van der Waals surface area contributed by atoms with Gasteiger partial charge in [0.2, 0.25) is 0 Å². The normalized spacial score (nSPS) is 17.6. The van der Waals surface area contributed by atoms with E-state index in [0.29, 0.717) is 0 Å². The third-order valence-corrected chi connectivity index (χ3v) is 5.49. The smallest absolute Gasteiger partial charge is 0.135 e. The Labute approximate surface area is 80.6 Å². The van der Waals surface area contributed by atoms with E-state index in [9.17, 15) is 0 Å². The second-order valence-electron chi connectivity index (χ2n) is 3.36. The Bertz CT molecular complexity index is 284. The molecule has 0 spiro atoms. The molecule has 69 valence electrons. The second kappa shape index (κ2) is 3.92. The molecule has 1 fully saturated rings. The second-order valence-corrected chi connectivity index (χ2v) is 6.05. The van der Waals surface area contributed by atoms with Crippen molar-refractivity contribution in [2.24, 2.45) is 0 Å². The van der Waals surface area contributed by atoms with Gasteiger partial charge in [-0.15, -0.1) is 0 Å². The van der Waals surface area contributed by atoms with E-state index in [4.69, 9.17) is 4.74 Å². The van der Waals surface area contributed by atoms with Crippen LogP contribution in [0.1, 0.15) is 12.8 Å². The lowest BCUT2D eigenvalue weighted by atomic mass is 10.4. The van der Waals surface area contributed by atoms with E-state index in [1.165, 1.54) is 30.2 Å². The summed E-state index contributed by atoms with van der Waals surface area (Å²) in [6.45, 7) is 0. The maximum absolute atomic E-state index is 5.32. The molecule has 1 saturated heterocycles. The first-order chi connectivity index (χ1) is 6.42. The predicted octanol–water partition coefficient (Wildman–Crippen LogP) is 1.59. The summed E-state index contributed by atoms with van der Waals surface area (Å²) in [7, 11) is 1.37. The van der Waals surface area contributed by atoms with Gasteiger partial charge in [-0.2, -0.15) is 0 Å². The Morgan fingerprint density at radius 2 is 2.15 bits per heavy atom. The largest absolute Gasteiger partial charge is 0.495 e. The highest BCUT2D eigenvalue weighted by molar-refractivity contribution is 6.73. The summed E-state index contributed by atoms with van der Waals surface area (Å²) >= 11 is 0. The molecule has 2 heterocycles. The molecular weight excluding hydrogens is 178 g/mol. The quantitative estimate of drug-likeness (QED) is 0.664. The van der Waals surface area contributed by atoms with Gasteiger partial charge in [-0.05, 0) is 12.1 Å². The highest BCUT2D eigenvalue weighted by Crippen LogP contribution is 2.21. The van der Waals surface area contributed by atoms with Crippen molar-refractivity contribution >= 4 is 14.1 Å². The minimum atomic E-state index is -0.368. The Hall–Kier alpha value is -0.833. The maximum atomic E-state index is 5.32. The van der Waals surface area contributed by atoms with Crippen LogP contribution in [-0.4, -0.2) is 20.9 Å². The number of nitrogens with zero attached hydrogens (tertiary/aromatic N) is 1.